The molecule has 206 valence electrons. The Kier molecular flexibility index (Phi) is 6.04. The van der Waals surface area contributed by atoms with Gasteiger partial charge in [0.15, 0.2) is 0 Å². The smallest absolute Gasteiger partial charge is 0.341 e. The van der Waals surface area contributed by atoms with E-state index in [0.29, 0.717) is 34.3 Å². The number of ether oxygens (including phenoxy) is 2. The Morgan fingerprint density at radius 3 is 1.50 bits per heavy atom. The molecule has 0 spiro atoms. The SMILES string of the molecule is CCOC(=O)c1cn2c(nc1-c1cccc(-c3nc4nc5ccccc5n4cc3C(=O)OCC)n1)nc1ccccc12. The van der Waals surface area contributed by atoms with Crippen molar-refractivity contribution in [2.24, 2.45) is 0 Å². The van der Waals surface area contributed by atoms with Crippen molar-refractivity contribution in [1.29, 1.82) is 0 Å². The summed E-state index contributed by atoms with van der Waals surface area (Å²) in [7, 11) is 0. The molecule has 0 aliphatic heterocycles. The van der Waals surface area contributed by atoms with E-state index in [4.69, 9.17) is 24.4 Å². The second-order valence-corrected chi connectivity index (χ2v) is 9.40. The molecule has 5 aromatic heterocycles. The van der Waals surface area contributed by atoms with Crippen molar-refractivity contribution in [3.05, 3.63) is 90.3 Å². The lowest BCUT2D eigenvalue weighted by Gasteiger charge is -2.12. The molecule has 2 aromatic carbocycles. The fourth-order valence-corrected chi connectivity index (χ4v) is 4.98. The number of esters is 2. The van der Waals surface area contributed by atoms with Gasteiger partial charge in [0.25, 0.3) is 0 Å². The molecular formula is C31H23N7O4. The van der Waals surface area contributed by atoms with Gasteiger partial charge in [-0.15, -0.1) is 0 Å². The van der Waals surface area contributed by atoms with Crippen LogP contribution in [0.15, 0.2) is 79.1 Å². The van der Waals surface area contributed by atoms with Crippen LogP contribution in [0.3, 0.4) is 0 Å². The van der Waals surface area contributed by atoms with Gasteiger partial charge in [-0.2, -0.15) is 0 Å². The molecule has 42 heavy (non-hydrogen) atoms. The van der Waals surface area contributed by atoms with Crippen molar-refractivity contribution in [3.8, 4) is 22.8 Å². The van der Waals surface area contributed by atoms with Gasteiger partial charge in [-0.3, -0.25) is 8.80 Å². The zero-order valence-electron chi connectivity index (χ0n) is 22.7. The van der Waals surface area contributed by atoms with E-state index in [1.165, 1.54) is 0 Å². The third-order valence-corrected chi connectivity index (χ3v) is 6.83. The maximum Gasteiger partial charge on any atom is 0.341 e. The summed E-state index contributed by atoms with van der Waals surface area (Å²) < 4.78 is 14.3. The van der Waals surface area contributed by atoms with Crippen molar-refractivity contribution in [1.82, 2.24) is 33.7 Å². The number of fused-ring (bicyclic) bond motifs is 6. The summed E-state index contributed by atoms with van der Waals surface area (Å²) in [6.45, 7) is 3.87. The number of imidazole rings is 2. The second kappa shape index (κ2) is 10.0. The summed E-state index contributed by atoms with van der Waals surface area (Å²) in [5.74, 6) is -0.269. The van der Waals surface area contributed by atoms with Crippen LogP contribution in [-0.4, -0.2) is 58.9 Å². The molecule has 0 atom stereocenters. The van der Waals surface area contributed by atoms with E-state index in [-0.39, 0.29) is 24.3 Å². The number of hydrogen-bond donors (Lipinski definition) is 0. The van der Waals surface area contributed by atoms with Crippen LogP contribution in [0.2, 0.25) is 0 Å². The van der Waals surface area contributed by atoms with Crippen LogP contribution in [0.1, 0.15) is 34.6 Å². The molecule has 11 heteroatoms. The Hall–Kier alpha value is -5.71. The van der Waals surface area contributed by atoms with Crippen molar-refractivity contribution in [2.45, 2.75) is 13.8 Å². The molecular weight excluding hydrogens is 534 g/mol. The Labute approximate surface area is 238 Å². The Morgan fingerprint density at radius 2 is 1.05 bits per heavy atom. The minimum atomic E-state index is -0.539. The van der Waals surface area contributed by atoms with Crippen LogP contribution >= 0.6 is 0 Å². The minimum absolute atomic E-state index is 0.194. The molecule has 0 aliphatic rings. The highest BCUT2D eigenvalue weighted by Gasteiger charge is 2.23. The normalized spacial score (nSPS) is 11.5. The molecule has 0 amide bonds. The minimum Gasteiger partial charge on any atom is -0.462 e. The lowest BCUT2D eigenvalue weighted by molar-refractivity contribution is 0.0516. The first-order chi connectivity index (χ1) is 20.6. The predicted molar refractivity (Wildman–Crippen MR) is 155 cm³/mol. The highest BCUT2D eigenvalue weighted by Crippen LogP contribution is 2.29. The third-order valence-electron chi connectivity index (χ3n) is 6.83. The molecule has 0 unspecified atom stereocenters. The molecule has 0 bridgehead atoms. The summed E-state index contributed by atoms with van der Waals surface area (Å²) in [5.41, 5.74) is 4.91. The van der Waals surface area contributed by atoms with E-state index < -0.39 is 11.9 Å². The summed E-state index contributed by atoms with van der Waals surface area (Å²) in [6.07, 6.45) is 3.34. The van der Waals surface area contributed by atoms with Gasteiger partial charge in [0.05, 0.1) is 46.7 Å². The van der Waals surface area contributed by atoms with Crippen molar-refractivity contribution in [3.63, 3.8) is 0 Å². The first kappa shape index (κ1) is 25.3. The summed E-state index contributed by atoms with van der Waals surface area (Å²) in [6, 6.07) is 20.4. The van der Waals surface area contributed by atoms with Crippen LogP contribution in [-0.2, 0) is 9.47 Å². The van der Waals surface area contributed by atoms with Crippen LogP contribution in [0.25, 0.3) is 56.4 Å². The van der Waals surface area contributed by atoms with E-state index in [1.807, 2.05) is 48.5 Å². The molecule has 7 aromatic rings. The lowest BCUT2D eigenvalue weighted by Crippen LogP contribution is -2.12. The van der Waals surface area contributed by atoms with Crippen LogP contribution < -0.4 is 0 Å². The number of benzene rings is 2. The molecule has 5 heterocycles. The topological polar surface area (TPSA) is 126 Å². The quantitative estimate of drug-likeness (QED) is 0.255. The predicted octanol–water partition coefficient (Wildman–Crippen LogP) is 5.16. The fraction of sp³-hybridized carbons (Fsp3) is 0.129. The van der Waals surface area contributed by atoms with Crippen LogP contribution in [0.5, 0.6) is 0 Å². The summed E-state index contributed by atoms with van der Waals surface area (Å²) in [5, 5.41) is 0. The zero-order chi connectivity index (χ0) is 28.8. The maximum absolute atomic E-state index is 13.1. The number of aromatic nitrogens is 7. The largest absolute Gasteiger partial charge is 0.462 e. The first-order valence-electron chi connectivity index (χ1n) is 13.4. The molecule has 11 nitrogen and oxygen atoms in total. The highest BCUT2D eigenvalue weighted by molar-refractivity contribution is 5.98. The lowest BCUT2D eigenvalue weighted by atomic mass is 10.1. The van der Waals surface area contributed by atoms with Crippen molar-refractivity contribution in [2.75, 3.05) is 13.2 Å². The average molecular weight is 558 g/mol. The van der Waals surface area contributed by atoms with Crippen molar-refractivity contribution < 1.29 is 19.1 Å². The Bertz CT molecular complexity index is 2030. The van der Waals surface area contributed by atoms with Gasteiger partial charge in [-0.1, -0.05) is 30.3 Å². The standard InChI is InChI=1S/C31H23N7O4/c1-3-41-28(39)18-16-37-24-14-7-5-10-20(24)33-30(37)35-26(18)22-12-9-13-23(32-22)27-19(29(40)42-4-2)17-38-25-15-8-6-11-21(25)34-31(38)36-27/h5-17H,3-4H2,1-2H3. The van der Waals surface area contributed by atoms with Gasteiger partial charge in [0, 0.05) is 12.4 Å². The van der Waals surface area contributed by atoms with Gasteiger partial charge in [-0.25, -0.2) is 34.5 Å². The fourth-order valence-electron chi connectivity index (χ4n) is 4.98. The number of pyridine rings is 1. The van der Waals surface area contributed by atoms with E-state index >= 15 is 0 Å². The highest BCUT2D eigenvalue weighted by atomic mass is 16.5. The van der Waals surface area contributed by atoms with Crippen molar-refractivity contribution >= 4 is 45.6 Å². The zero-order valence-corrected chi connectivity index (χ0v) is 22.7. The number of carbonyl (C=O) groups is 2. The van der Waals surface area contributed by atoms with E-state index in [2.05, 4.69) is 9.97 Å². The molecule has 7 rings (SSSR count). The van der Waals surface area contributed by atoms with Gasteiger partial charge in [-0.05, 0) is 50.2 Å². The second-order valence-electron chi connectivity index (χ2n) is 9.40. The number of nitrogens with zero attached hydrogens (tertiary/aromatic N) is 7. The first-order valence-corrected chi connectivity index (χ1v) is 13.4. The number of hydrogen-bond acceptors (Lipinski definition) is 9. The van der Waals surface area contributed by atoms with Gasteiger partial charge >= 0.3 is 11.9 Å². The van der Waals surface area contributed by atoms with E-state index in [0.717, 1.165) is 22.1 Å². The van der Waals surface area contributed by atoms with Crippen LogP contribution in [0.4, 0.5) is 0 Å². The van der Waals surface area contributed by atoms with E-state index in [1.54, 1.807) is 53.2 Å². The summed E-state index contributed by atoms with van der Waals surface area (Å²) in [4.78, 5) is 49.8. The number of para-hydroxylation sites is 4. The molecule has 0 saturated carbocycles. The molecule has 0 fully saturated rings. The van der Waals surface area contributed by atoms with Gasteiger partial charge in [0.2, 0.25) is 11.6 Å². The number of carbonyl (C=O) groups excluding carboxylic acids is 2. The molecule has 0 saturated heterocycles. The molecule has 0 aliphatic carbocycles. The Morgan fingerprint density at radius 1 is 0.595 bits per heavy atom. The monoisotopic (exact) mass is 557 g/mol. The number of rotatable bonds is 6. The molecule has 0 N–H and O–H groups in total. The maximum atomic E-state index is 13.1. The summed E-state index contributed by atoms with van der Waals surface area (Å²) >= 11 is 0. The van der Waals surface area contributed by atoms with Gasteiger partial charge in [0.1, 0.15) is 22.5 Å². The van der Waals surface area contributed by atoms with Gasteiger partial charge < -0.3 is 9.47 Å². The Balaban J connectivity index is 1.44. The van der Waals surface area contributed by atoms with E-state index in [9.17, 15) is 9.59 Å². The van der Waals surface area contributed by atoms with Crippen LogP contribution in [0, 0.1) is 0 Å². The molecule has 0 radical (unpaired) electrons. The average Bonchev–Trinajstić information content (AvgIpc) is 3.57. The third kappa shape index (κ3) is 4.10.